The highest BCUT2D eigenvalue weighted by atomic mass is 127. The van der Waals surface area contributed by atoms with Crippen molar-refractivity contribution in [3.05, 3.63) is 40.2 Å². The van der Waals surface area contributed by atoms with Gasteiger partial charge in [-0.2, -0.15) is 4.98 Å². The first-order chi connectivity index (χ1) is 8.74. The quantitative estimate of drug-likeness (QED) is 0.566. The van der Waals surface area contributed by atoms with Crippen LogP contribution in [-0.2, 0) is 0 Å². The third-order valence-electron chi connectivity index (χ3n) is 2.41. The Kier molecular flexibility index (Phi) is 2.78. The smallest absolute Gasteiger partial charge is 0.260 e. The minimum atomic E-state index is 0.386. The van der Waals surface area contributed by atoms with Gasteiger partial charge in [0.1, 0.15) is 0 Å². The van der Waals surface area contributed by atoms with Crippen LogP contribution in [0.25, 0.3) is 23.0 Å². The first-order valence-corrected chi connectivity index (χ1v) is 6.25. The number of nitrogens with two attached hydrogens (primary N) is 1. The van der Waals surface area contributed by atoms with Crippen molar-refractivity contribution in [3.63, 3.8) is 0 Å². The minimum Gasteiger partial charge on any atom is -0.461 e. The normalized spacial score (nSPS) is 10.7. The molecule has 0 fully saturated rings. The molecule has 0 aliphatic rings. The molecule has 0 aliphatic heterocycles. The van der Waals surface area contributed by atoms with Crippen molar-refractivity contribution in [3.8, 4) is 23.0 Å². The molecule has 0 radical (unpaired) electrons. The predicted octanol–water partition coefficient (Wildman–Crippen LogP) is 3.18. The monoisotopic (exact) mass is 353 g/mol. The van der Waals surface area contributed by atoms with Crippen molar-refractivity contribution in [2.24, 2.45) is 0 Å². The van der Waals surface area contributed by atoms with Gasteiger partial charge in [-0.15, -0.1) is 0 Å². The summed E-state index contributed by atoms with van der Waals surface area (Å²) in [6, 6.07) is 9.17. The van der Waals surface area contributed by atoms with Crippen LogP contribution in [0.15, 0.2) is 45.5 Å². The second kappa shape index (κ2) is 4.45. The summed E-state index contributed by atoms with van der Waals surface area (Å²) >= 11 is 2.20. The molecule has 0 atom stereocenters. The van der Waals surface area contributed by atoms with Gasteiger partial charge in [-0.05, 0) is 52.9 Å². The summed E-state index contributed by atoms with van der Waals surface area (Å²) in [5.74, 6) is 1.36. The Labute approximate surface area is 116 Å². The Bertz CT molecular complexity index is 676. The summed E-state index contributed by atoms with van der Waals surface area (Å²) in [4.78, 5) is 4.27. The number of furan rings is 1. The van der Waals surface area contributed by atoms with E-state index in [1.807, 2.05) is 18.2 Å². The number of aromatic nitrogens is 2. The maximum atomic E-state index is 5.89. The highest BCUT2D eigenvalue weighted by molar-refractivity contribution is 14.1. The van der Waals surface area contributed by atoms with Crippen molar-refractivity contribution in [1.82, 2.24) is 10.1 Å². The van der Waals surface area contributed by atoms with Crippen LogP contribution in [0.3, 0.4) is 0 Å². The van der Waals surface area contributed by atoms with Crippen LogP contribution in [0.1, 0.15) is 0 Å². The molecule has 0 amide bonds. The number of anilines is 1. The van der Waals surface area contributed by atoms with E-state index in [0.29, 0.717) is 23.2 Å². The van der Waals surface area contributed by atoms with E-state index in [0.717, 1.165) is 9.13 Å². The van der Waals surface area contributed by atoms with Gasteiger partial charge < -0.3 is 14.7 Å². The minimum absolute atomic E-state index is 0.386. The van der Waals surface area contributed by atoms with Gasteiger partial charge in [-0.3, -0.25) is 0 Å². The summed E-state index contributed by atoms with van der Waals surface area (Å²) in [5, 5.41) is 3.87. The molecule has 0 saturated heterocycles. The second-order valence-corrected chi connectivity index (χ2v) is 4.88. The standard InChI is InChI=1S/C12H8IN3O2/c13-7-3-4-9(14)8(6-7)12-15-11(16-18-12)10-2-1-5-17-10/h1-6H,14H2. The Morgan fingerprint density at radius 2 is 2.11 bits per heavy atom. The fourth-order valence-electron chi connectivity index (χ4n) is 1.55. The van der Waals surface area contributed by atoms with Gasteiger partial charge in [0.05, 0.1) is 11.8 Å². The van der Waals surface area contributed by atoms with Crippen LogP contribution in [0.2, 0.25) is 0 Å². The SMILES string of the molecule is Nc1ccc(I)cc1-c1nc(-c2ccco2)no1. The Hall–Kier alpha value is -1.83. The van der Waals surface area contributed by atoms with Crippen LogP contribution >= 0.6 is 22.6 Å². The molecule has 2 N–H and O–H groups in total. The Morgan fingerprint density at radius 3 is 2.89 bits per heavy atom. The Balaban J connectivity index is 2.05. The number of halogens is 1. The zero-order chi connectivity index (χ0) is 12.5. The first kappa shape index (κ1) is 11.3. The lowest BCUT2D eigenvalue weighted by Crippen LogP contribution is -1.90. The molecule has 1 aromatic carbocycles. The van der Waals surface area contributed by atoms with Crippen molar-refractivity contribution in [2.45, 2.75) is 0 Å². The lowest BCUT2D eigenvalue weighted by Gasteiger charge is -2.00. The summed E-state index contributed by atoms with van der Waals surface area (Å²) in [6.07, 6.45) is 1.56. The van der Waals surface area contributed by atoms with Gasteiger partial charge in [-0.25, -0.2) is 0 Å². The molecule has 0 saturated carbocycles. The topological polar surface area (TPSA) is 78.1 Å². The largest absolute Gasteiger partial charge is 0.461 e. The second-order valence-electron chi connectivity index (χ2n) is 3.63. The lowest BCUT2D eigenvalue weighted by molar-refractivity contribution is 0.429. The average Bonchev–Trinajstić information content (AvgIpc) is 3.00. The van der Waals surface area contributed by atoms with E-state index in [9.17, 15) is 0 Å². The average molecular weight is 353 g/mol. The van der Waals surface area contributed by atoms with Gasteiger partial charge in [-0.1, -0.05) is 5.16 Å². The van der Waals surface area contributed by atoms with E-state index in [1.165, 1.54) is 0 Å². The molecule has 3 aromatic rings. The van der Waals surface area contributed by atoms with Gasteiger partial charge in [0.25, 0.3) is 5.89 Å². The first-order valence-electron chi connectivity index (χ1n) is 5.17. The highest BCUT2D eigenvalue weighted by Gasteiger charge is 2.14. The van der Waals surface area contributed by atoms with E-state index < -0.39 is 0 Å². The molecule has 2 aromatic heterocycles. The summed E-state index contributed by atoms with van der Waals surface area (Å²) in [5.41, 5.74) is 7.23. The van der Waals surface area contributed by atoms with Gasteiger partial charge >= 0.3 is 0 Å². The fraction of sp³-hybridized carbons (Fsp3) is 0. The van der Waals surface area contributed by atoms with E-state index in [2.05, 4.69) is 32.7 Å². The zero-order valence-electron chi connectivity index (χ0n) is 9.13. The summed E-state index contributed by atoms with van der Waals surface area (Å²) in [6.45, 7) is 0. The maximum absolute atomic E-state index is 5.89. The summed E-state index contributed by atoms with van der Waals surface area (Å²) in [7, 11) is 0. The van der Waals surface area contributed by atoms with Crippen LogP contribution in [-0.4, -0.2) is 10.1 Å². The number of hydrogen-bond donors (Lipinski definition) is 1. The number of hydrogen-bond acceptors (Lipinski definition) is 5. The van der Waals surface area contributed by atoms with Gasteiger partial charge in [0.15, 0.2) is 5.76 Å². The number of nitrogens with zero attached hydrogens (tertiary/aromatic N) is 2. The molecule has 3 rings (SSSR count). The lowest BCUT2D eigenvalue weighted by atomic mass is 10.2. The molecule has 0 bridgehead atoms. The molecule has 0 spiro atoms. The van der Waals surface area contributed by atoms with Crippen molar-refractivity contribution in [2.75, 3.05) is 5.73 Å². The zero-order valence-corrected chi connectivity index (χ0v) is 11.3. The number of rotatable bonds is 2. The van der Waals surface area contributed by atoms with Crippen molar-refractivity contribution < 1.29 is 8.94 Å². The van der Waals surface area contributed by atoms with Crippen LogP contribution in [0.5, 0.6) is 0 Å². The molecule has 2 heterocycles. The third-order valence-corrected chi connectivity index (χ3v) is 3.08. The number of nitrogen functional groups attached to an aromatic ring is 1. The molecule has 0 aliphatic carbocycles. The van der Waals surface area contributed by atoms with Gasteiger partial charge in [0, 0.05) is 9.26 Å². The molecule has 5 nitrogen and oxygen atoms in total. The molecular formula is C12H8IN3O2. The van der Waals surface area contributed by atoms with Crippen molar-refractivity contribution >= 4 is 28.3 Å². The molecule has 18 heavy (non-hydrogen) atoms. The van der Waals surface area contributed by atoms with E-state index in [1.54, 1.807) is 18.4 Å². The van der Waals surface area contributed by atoms with Crippen LogP contribution in [0.4, 0.5) is 5.69 Å². The highest BCUT2D eigenvalue weighted by Crippen LogP contribution is 2.28. The third kappa shape index (κ3) is 1.99. The molecule has 0 unspecified atom stereocenters. The Morgan fingerprint density at radius 1 is 1.22 bits per heavy atom. The molecular weight excluding hydrogens is 345 g/mol. The maximum Gasteiger partial charge on any atom is 0.260 e. The number of benzene rings is 1. The molecule has 90 valence electrons. The van der Waals surface area contributed by atoms with Crippen LogP contribution < -0.4 is 5.73 Å². The van der Waals surface area contributed by atoms with E-state index >= 15 is 0 Å². The summed E-state index contributed by atoms with van der Waals surface area (Å²) < 4.78 is 11.5. The van der Waals surface area contributed by atoms with E-state index in [-0.39, 0.29) is 0 Å². The van der Waals surface area contributed by atoms with Crippen molar-refractivity contribution in [1.29, 1.82) is 0 Å². The van der Waals surface area contributed by atoms with Crippen LogP contribution in [0, 0.1) is 3.57 Å². The van der Waals surface area contributed by atoms with E-state index in [4.69, 9.17) is 14.7 Å². The predicted molar refractivity (Wildman–Crippen MR) is 74.6 cm³/mol. The van der Waals surface area contributed by atoms with Gasteiger partial charge in [0.2, 0.25) is 5.82 Å². The fourth-order valence-corrected chi connectivity index (χ4v) is 2.04. The molecule has 6 heteroatoms.